The van der Waals surface area contributed by atoms with Crippen molar-refractivity contribution >= 4 is 17.3 Å². The summed E-state index contributed by atoms with van der Waals surface area (Å²) in [6, 6.07) is 10.4. The van der Waals surface area contributed by atoms with Gasteiger partial charge in [-0.2, -0.15) is 0 Å². The Balaban J connectivity index is 1.42. The molecular formula is C18H21N7. The van der Waals surface area contributed by atoms with Gasteiger partial charge in [-0.25, -0.2) is 9.97 Å². The molecule has 4 rings (SSSR count). The van der Waals surface area contributed by atoms with E-state index in [0.29, 0.717) is 5.95 Å². The first-order valence-corrected chi connectivity index (χ1v) is 8.64. The van der Waals surface area contributed by atoms with Gasteiger partial charge < -0.3 is 14.8 Å². The van der Waals surface area contributed by atoms with Crippen molar-refractivity contribution in [3.8, 4) is 0 Å². The van der Waals surface area contributed by atoms with Gasteiger partial charge in [0.05, 0.1) is 17.6 Å². The van der Waals surface area contributed by atoms with Crippen LogP contribution in [-0.2, 0) is 19.4 Å². The predicted octanol–water partition coefficient (Wildman–Crippen LogP) is 2.44. The van der Waals surface area contributed by atoms with Crippen LogP contribution >= 0.6 is 0 Å². The van der Waals surface area contributed by atoms with Crippen LogP contribution in [0, 0.1) is 0 Å². The lowest BCUT2D eigenvalue weighted by Crippen LogP contribution is -2.14. The zero-order chi connectivity index (χ0) is 17.1. The Labute approximate surface area is 146 Å². The maximum atomic E-state index is 4.68. The lowest BCUT2D eigenvalue weighted by molar-refractivity contribution is 0.697. The number of anilines is 3. The largest absolute Gasteiger partial charge is 0.354 e. The van der Waals surface area contributed by atoms with Crippen LogP contribution in [0.3, 0.4) is 0 Å². The van der Waals surface area contributed by atoms with Crippen LogP contribution in [0.25, 0.3) is 0 Å². The molecule has 0 unspecified atom stereocenters. The molecule has 7 heteroatoms. The van der Waals surface area contributed by atoms with Crippen LogP contribution in [0.5, 0.6) is 0 Å². The molecule has 0 saturated carbocycles. The minimum Gasteiger partial charge on any atom is -0.354 e. The van der Waals surface area contributed by atoms with Crippen LogP contribution in [0.2, 0.25) is 0 Å². The quantitative estimate of drug-likeness (QED) is 0.746. The second-order valence-corrected chi connectivity index (χ2v) is 5.97. The van der Waals surface area contributed by atoms with Crippen molar-refractivity contribution in [1.29, 1.82) is 0 Å². The highest BCUT2D eigenvalue weighted by Crippen LogP contribution is 2.32. The van der Waals surface area contributed by atoms with Crippen molar-refractivity contribution in [3.63, 3.8) is 0 Å². The Morgan fingerprint density at radius 1 is 1.20 bits per heavy atom. The molecule has 0 bridgehead atoms. The van der Waals surface area contributed by atoms with Gasteiger partial charge in [-0.05, 0) is 19.1 Å². The first kappa shape index (κ1) is 15.6. The fraction of sp³-hybridized carbons (Fsp3) is 0.333. The van der Waals surface area contributed by atoms with Gasteiger partial charge in [0.25, 0.3) is 0 Å². The van der Waals surface area contributed by atoms with Crippen LogP contribution in [0.1, 0.15) is 18.4 Å². The molecule has 7 nitrogen and oxygen atoms in total. The lowest BCUT2D eigenvalue weighted by Gasteiger charge is -2.18. The molecule has 1 aliphatic heterocycles. The summed E-state index contributed by atoms with van der Waals surface area (Å²) >= 11 is 0. The van der Waals surface area contributed by atoms with Gasteiger partial charge in [0.1, 0.15) is 12.2 Å². The Bertz CT molecular complexity index is 844. The Hall–Kier alpha value is -2.96. The molecule has 0 fully saturated rings. The maximum Gasteiger partial charge on any atom is 0.223 e. The highest BCUT2D eigenvalue weighted by atomic mass is 15.3. The number of fused-ring (bicyclic) bond motifs is 1. The molecule has 0 aliphatic carbocycles. The molecule has 3 aromatic rings. The Morgan fingerprint density at radius 3 is 2.92 bits per heavy atom. The third-order valence-electron chi connectivity index (χ3n) is 4.44. The van der Waals surface area contributed by atoms with Gasteiger partial charge >= 0.3 is 0 Å². The van der Waals surface area contributed by atoms with E-state index in [-0.39, 0.29) is 0 Å². The summed E-state index contributed by atoms with van der Waals surface area (Å²) in [6.07, 6.45) is 5.41. The van der Waals surface area contributed by atoms with Gasteiger partial charge in [-0.15, -0.1) is 10.2 Å². The van der Waals surface area contributed by atoms with E-state index in [0.717, 1.165) is 49.7 Å². The van der Waals surface area contributed by atoms with Crippen molar-refractivity contribution in [2.24, 2.45) is 0 Å². The first-order valence-electron chi connectivity index (χ1n) is 8.64. The minimum atomic E-state index is 0.677. The van der Waals surface area contributed by atoms with Crippen molar-refractivity contribution < 1.29 is 0 Å². The second kappa shape index (κ2) is 6.88. The van der Waals surface area contributed by atoms with E-state index in [9.17, 15) is 0 Å². The average Bonchev–Trinajstić information content (AvgIpc) is 3.28. The van der Waals surface area contributed by atoms with Gasteiger partial charge in [0.15, 0.2) is 0 Å². The number of rotatable bonds is 6. The number of nitrogens with one attached hydrogen (secondary N) is 1. The fourth-order valence-corrected chi connectivity index (χ4v) is 3.14. The van der Waals surface area contributed by atoms with E-state index in [1.807, 2.05) is 16.8 Å². The summed E-state index contributed by atoms with van der Waals surface area (Å²) in [6.45, 7) is 4.65. The molecule has 2 aromatic heterocycles. The number of nitrogens with zero attached hydrogens (tertiary/aromatic N) is 6. The molecule has 1 N–H and O–H groups in total. The normalized spacial score (nSPS) is 13.1. The van der Waals surface area contributed by atoms with Crippen LogP contribution in [0.4, 0.5) is 17.3 Å². The SMILES string of the molecule is CCn1cnnc1CCNc1ncc2c(n1)CCN2c1ccccc1. The number of para-hydroxylation sites is 1. The van der Waals surface area contributed by atoms with Crippen molar-refractivity contribution in [3.05, 3.63) is 54.4 Å². The van der Waals surface area contributed by atoms with Crippen molar-refractivity contribution in [2.75, 3.05) is 23.3 Å². The molecule has 0 radical (unpaired) electrons. The molecule has 128 valence electrons. The third kappa shape index (κ3) is 3.17. The smallest absolute Gasteiger partial charge is 0.223 e. The lowest BCUT2D eigenvalue weighted by atomic mass is 10.3. The molecule has 3 heterocycles. The molecule has 1 aliphatic rings. The number of aryl methyl sites for hydroxylation is 1. The van der Waals surface area contributed by atoms with Crippen molar-refractivity contribution in [2.45, 2.75) is 26.3 Å². The van der Waals surface area contributed by atoms with E-state index in [2.05, 4.69) is 61.6 Å². The van der Waals surface area contributed by atoms with Gasteiger partial charge in [0, 0.05) is 38.2 Å². The predicted molar refractivity (Wildman–Crippen MR) is 97.1 cm³/mol. The zero-order valence-electron chi connectivity index (χ0n) is 14.3. The highest BCUT2D eigenvalue weighted by Gasteiger charge is 2.22. The summed E-state index contributed by atoms with van der Waals surface area (Å²) in [7, 11) is 0. The van der Waals surface area contributed by atoms with E-state index in [4.69, 9.17) is 0 Å². The van der Waals surface area contributed by atoms with Crippen LogP contribution in [0.15, 0.2) is 42.9 Å². The summed E-state index contributed by atoms with van der Waals surface area (Å²) in [5, 5.41) is 11.4. The maximum absolute atomic E-state index is 4.68. The van der Waals surface area contributed by atoms with E-state index >= 15 is 0 Å². The molecule has 0 saturated heterocycles. The van der Waals surface area contributed by atoms with Crippen molar-refractivity contribution in [1.82, 2.24) is 24.7 Å². The van der Waals surface area contributed by atoms with Gasteiger partial charge in [-0.1, -0.05) is 18.2 Å². The molecule has 0 amide bonds. The first-order chi connectivity index (χ1) is 12.3. The number of benzene rings is 1. The molecular weight excluding hydrogens is 314 g/mol. The molecule has 1 aromatic carbocycles. The third-order valence-corrected chi connectivity index (χ3v) is 4.44. The Morgan fingerprint density at radius 2 is 2.08 bits per heavy atom. The molecule has 0 atom stereocenters. The summed E-state index contributed by atoms with van der Waals surface area (Å²) in [5.41, 5.74) is 3.38. The monoisotopic (exact) mass is 335 g/mol. The van der Waals surface area contributed by atoms with Gasteiger partial charge in [-0.3, -0.25) is 0 Å². The van der Waals surface area contributed by atoms with E-state index in [1.54, 1.807) is 6.33 Å². The topological polar surface area (TPSA) is 71.8 Å². The summed E-state index contributed by atoms with van der Waals surface area (Å²) in [4.78, 5) is 11.4. The van der Waals surface area contributed by atoms with E-state index in [1.165, 1.54) is 5.69 Å². The zero-order valence-corrected chi connectivity index (χ0v) is 14.3. The summed E-state index contributed by atoms with van der Waals surface area (Å²) < 4.78 is 2.04. The van der Waals surface area contributed by atoms with Gasteiger partial charge in [0.2, 0.25) is 5.95 Å². The number of hydrogen-bond acceptors (Lipinski definition) is 6. The number of aromatic nitrogens is 5. The van der Waals surface area contributed by atoms with Crippen LogP contribution < -0.4 is 10.2 Å². The number of hydrogen-bond donors (Lipinski definition) is 1. The van der Waals surface area contributed by atoms with Crippen LogP contribution in [-0.4, -0.2) is 37.8 Å². The average molecular weight is 335 g/mol. The minimum absolute atomic E-state index is 0.677. The highest BCUT2D eigenvalue weighted by molar-refractivity contribution is 5.68. The summed E-state index contributed by atoms with van der Waals surface area (Å²) in [5.74, 6) is 1.66. The fourth-order valence-electron chi connectivity index (χ4n) is 3.14. The Kier molecular flexibility index (Phi) is 4.28. The molecule has 25 heavy (non-hydrogen) atoms. The molecule has 0 spiro atoms. The second-order valence-electron chi connectivity index (χ2n) is 5.97. The van der Waals surface area contributed by atoms with E-state index < -0.39 is 0 Å². The standard InChI is InChI=1S/C18H21N7/c1-2-24-13-21-23-17(24)8-10-19-18-20-12-16-15(22-18)9-11-25(16)14-6-4-3-5-7-14/h3-7,12-13H,2,8-11H2,1H3,(H,19,20,22).